The molecule has 0 unspecified atom stereocenters. The number of ether oxygens (including phenoxy) is 3. The Bertz CT molecular complexity index is 1250. The predicted octanol–water partition coefficient (Wildman–Crippen LogP) is 3.63. The van der Waals surface area contributed by atoms with E-state index in [2.05, 4.69) is 15.8 Å². The van der Waals surface area contributed by atoms with Gasteiger partial charge in [-0.1, -0.05) is 6.07 Å². The number of carbonyl (C=O) groups excluding carboxylic acids is 3. The van der Waals surface area contributed by atoms with E-state index >= 15 is 0 Å². The van der Waals surface area contributed by atoms with Crippen LogP contribution in [0.15, 0.2) is 65.8 Å². The molecule has 2 amide bonds. The maximum atomic E-state index is 12.4. The summed E-state index contributed by atoms with van der Waals surface area (Å²) >= 11 is 0. The number of benzene rings is 3. The van der Waals surface area contributed by atoms with Crippen molar-refractivity contribution in [2.45, 2.75) is 13.8 Å². The molecule has 3 aromatic rings. The number of methoxy groups -OCH3 is 2. The monoisotopic (exact) mass is 475 g/mol. The van der Waals surface area contributed by atoms with Crippen LogP contribution in [-0.4, -0.2) is 38.2 Å². The van der Waals surface area contributed by atoms with E-state index in [-0.39, 0.29) is 11.5 Å². The molecule has 3 rings (SSSR count). The number of hydrogen-bond donors (Lipinski definition) is 2. The average Bonchev–Trinajstić information content (AvgIpc) is 2.84. The van der Waals surface area contributed by atoms with Crippen LogP contribution in [0.25, 0.3) is 0 Å². The minimum absolute atomic E-state index is 0.210. The van der Waals surface area contributed by atoms with E-state index in [0.29, 0.717) is 22.6 Å². The van der Waals surface area contributed by atoms with Crippen LogP contribution in [0.3, 0.4) is 0 Å². The lowest BCUT2D eigenvalue weighted by Crippen LogP contribution is -2.32. The Labute approximate surface area is 202 Å². The van der Waals surface area contributed by atoms with E-state index in [1.807, 2.05) is 19.9 Å². The molecule has 0 aliphatic carbocycles. The molecule has 0 aliphatic heterocycles. The van der Waals surface area contributed by atoms with Crippen LogP contribution >= 0.6 is 0 Å². The first-order chi connectivity index (χ1) is 16.8. The van der Waals surface area contributed by atoms with E-state index in [4.69, 9.17) is 14.2 Å². The minimum atomic E-state index is -0.919. The standard InChI is InChI=1S/C26H25N3O6/c1-16-11-17(2)13-20(12-16)28-24(30)25(31)29-27-15-18-5-10-22(23(14-18)34-4)35-26(32)19-6-8-21(33-3)9-7-19/h5-15H,1-4H3,(H,28,30)(H,29,31). The normalized spacial score (nSPS) is 10.5. The highest BCUT2D eigenvalue weighted by molar-refractivity contribution is 6.39. The van der Waals surface area contributed by atoms with Gasteiger partial charge in [-0.15, -0.1) is 0 Å². The Hall–Kier alpha value is -4.66. The van der Waals surface area contributed by atoms with Gasteiger partial charge in [0, 0.05) is 5.69 Å². The zero-order chi connectivity index (χ0) is 25.4. The lowest BCUT2D eigenvalue weighted by Gasteiger charge is -2.10. The Kier molecular flexibility index (Phi) is 8.18. The Morgan fingerprint density at radius 1 is 0.800 bits per heavy atom. The van der Waals surface area contributed by atoms with Crippen LogP contribution in [0.1, 0.15) is 27.0 Å². The zero-order valence-electron chi connectivity index (χ0n) is 19.7. The van der Waals surface area contributed by atoms with Crippen LogP contribution < -0.4 is 25.0 Å². The fourth-order valence-electron chi connectivity index (χ4n) is 3.19. The molecule has 35 heavy (non-hydrogen) atoms. The Morgan fingerprint density at radius 2 is 1.49 bits per heavy atom. The van der Waals surface area contributed by atoms with Gasteiger partial charge in [-0.25, -0.2) is 10.2 Å². The van der Waals surface area contributed by atoms with Crippen molar-refractivity contribution in [1.29, 1.82) is 0 Å². The number of hydrogen-bond acceptors (Lipinski definition) is 7. The largest absolute Gasteiger partial charge is 0.497 e. The molecule has 180 valence electrons. The summed E-state index contributed by atoms with van der Waals surface area (Å²) in [7, 11) is 2.97. The molecule has 0 aromatic heterocycles. The van der Waals surface area contributed by atoms with Gasteiger partial charge in [0.2, 0.25) is 0 Å². The fourth-order valence-corrected chi connectivity index (χ4v) is 3.19. The highest BCUT2D eigenvalue weighted by Crippen LogP contribution is 2.28. The molecule has 9 nitrogen and oxygen atoms in total. The number of anilines is 1. The second-order valence-electron chi connectivity index (χ2n) is 7.56. The molecule has 0 aliphatic rings. The van der Waals surface area contributed by atoms with Crippen molar-refractivity contribution in [2.75, 3.05) is 19.5 Å². The van der Waals surface area contributed by atoms with Gasteiger partial charge in [0.15, 0.2) is 11.5 Å². The number of aryl methyl sites for hydroxylation is 2. The molecule has 0 saturated heterocycles. The van der Waals surface area contributed by atoms with Crippen molar-refractivity contribution < 1.29 is 28.6 Å². The van der Waals surface area contributed by atoms with Crippen molar-refractivity contribution in [2.24, 2.45) is 5.10 Å². The molecular formula is C26H25N3O6. The van der Waals surface area contributed by atoms with Crippen molar-refractivity contribution in [3.05, 3.63) is 82.9 Å². The number of carbonyl (C=O) groups is 3. The fraction of sp³-hybridized carbons (Fsp3) is 0.154. The van der Waals surface area contributed by atoms with Gasteiger partial charge < -0.3 is 19.5 Å². The van der Waals surface area contributed by atoms with Crippen LogP contribution in [0.5, 0.6) is 17.2 Å². The summed E-state index contributed by atoms with van der Waals surface area (Å²) < 4.78 is 15.8. The smallest absolute Gasteiger partial charge is 0.343 e. The lowest BCUT2D eigenvalue weighted by molar-refractivity contribution is -0.136. The second kappa shape index (κ2) is 11.5. The molecule has 2 N–H and O–H groups in total. The Morgan fingerprint density at radius 3 is 2.11 bits per heavy atom. The third-order valence-corrected chi connectivity index (χ3v) is 4.78. The van der Waals surface area contributed by atoms with Gasteiger partial charge in [-0.3, -0.25) is 9.59 Å². The van der Waals surface area contributed by atoms with Crippen molar-refractivity contribution >= 4 is 29.7 Å². The Balaban J connectivity index is 1.60. The highest BCUT2D eigenvalue weighted by atomic mass is 16.6. The molecule has 0 heterocycles. The van der Waals surface area contributed by atoms with Gasteiger partial charge >= 0.3 is 17.8 Å². The third kappa shape index (κ3) is 6.91. The molecular weight excluding hydrogens is 450 g/mol. The highest BCUT2D eigenvalue weighted by Gasteiger charge is 2.14. The summed E-state index contributed by atoms with van der Waals surface area (Å²) in [5.74, 6) is -1.20. The van der Waals surface area contributed by atoms with E-state index in [9.17, 15) is 14.4 Å². The lowest BCUT2D eigenvalue weighted by atomic mass is 10.1. The number of esters is 1. The summed E-state index contributed by atoms with van der Waals surface area (Å²) in [4.78, 5) is 36.6. The quantitative estimate of drug-likeness (QED) is 0.177. The van der Waals surface area contributed by atoms with Gasteiger partial charge in [-0.2, -0.15) is 5.10 Å². The van der Waals surface area contributed by atoms with E-state index < -0.39 is 17.8 Å². The first-order valence-corrected chi connectivity index (χ1v) is 10.6. The maximum Gasteiger partial charge on any atom is 0.343 e. The topological polar surface area (TPSA) is 115 Å². The molecule has 3 aromatic carbocycles. The molecule has 9 heteroatoms. The van der Waals surface area contributed by atoms with Crippen LogP contribution in [-0.2, 0) is 9.59 Å². The minimum Gasteiger partial charge on any atom is -0.497 e. The summed E-state index contributed by atoms with van der Waals surface area (Å²) in [6.45, 7) is 3.79. The summed E-state index contributed by atoms with van der Waals surface area (Å²) in [6.07, 6.45) is 1.33. The van der Waals surface area contributed by atoms with Gasteiger partial charge in [0.05, 0.1) is 26.0 Å². The molecule has 0 radical (unpaired) electrons. The van der Waals surface area contributed by atoms with E-state index in [0.717, 1.165) is 11.1 Å². The summed E-state index contributed by atoms with van der Waals surface area (Å²) in [5.41, 5.74) is 5.52. The second-order valence-corrected chi connectivity index (χ2v) is 7.56. The number of hydrazone groups is 1. The number of nitrogens with zero attached hydrogens (tertiary/aromatic N) is 1. The third-order valence-electron chi connectivity index (χ3n) is 4.78. The molecule has 0 saturated carbocycles. The predicted molar refractivity (Wildman–Crippen MR) is 131 cm³/mol. The summed E-state index contributed by atoms with van der Waals surface area (Å²) in [5, 5.41) is 6.34. The van der Waals surface area contributed by atoms with Crippen LogP contribution in [0.2, 0.25) is 0 Å². The van der Waals surface area contributed by atoms with Crippen molar-refractivity contribution in [1.82, 2.24) is 5.43 Å². The molecule has 0 spiro atoms. The molecule has 0 fully saturated rings. The zero-order valence-corrected chi connectivity index (χ0v) is 19.7. The van der Waals surface area contributed by atoms with Crippen molar-refractivity contribution in [3.63, 3.8) is 0 Å². The SMILES string of the molecule is COc1ccc(C(=O)Oc2ccc(C=NNC(=O)C(=O)Nc3cc(C)cc(C)c3)cc2OC)cc1. The molecule has 0 bridgehead atoms. The molecule has 0 atom stereocenters. The number of nitrogens with one attached hydrogen (secondary N) is 2. The van der Waals surface area contributed by atoms with Crippen LogP contribution in [0, 0.1) is 13.8 Å². The van der Waals surface area contributed by atoms with Gasteiger partial charge in [0.25, 0.3) is 0 Å². The van der Waals surface area contributed by atoms with E-state index in [1.54, 1.807) is 48.5 Å². The average molecular weight is 476 g/mol. The first kappa shape index (κ1) is 25.0. The number of amides is 2. The summed E-state index contributed by atoms with van der Waals surface area (Å²) in [6, 6.07) is 16.7. The van der Waals surface area contributed by atoms with Gasteiger partial charge in [0.1, 0.15) is 5.75 Å². The number of rotatable bonds is 7. The van der Waals surface area contributed by atoms with E-state index in [1.165, 1.54) is 26.5 Å². The maximum absolute atomic E-state index is 12.4. The van der Waals surface area contributed by atoms with Crippen LogP contribution in [0.4, 0.5) is 5.69 Å². The van der Waals surface area contributed by atoms with Gasteiger partial charge in [-0.05, 0) is 85.1 Å². The van der Waals surface area contributed by atoms with Crippen molar-refractivity contribution in [3.8, 4) is 17.2 Å². The first-order valence-electron chi connectivity index (χ1n) is 10.6.